The minimum absolute atomic E-state index is 0.0306. The molecule has 1 aliphatic carbocycles. The minimum atomic E-state index is -0.844. The average molecular weight is 746 g/mol. The van der Waals surface area contributed by atoms with E-state index in [1.807, 2.05) is 36.4 Å². The topological polar surface area (TPSA) is 145 Å². The van der Waals surface area contributed by atoms with E-state index in [1.54, 1.807) is 18.2 Å². The van der Waals surface area contributed by atoms with Crippen molar-refractivity contribution in [2.75, 3.05) is 26.2 Å². The molecule has 0 spiro atoms. The SMILES string of the molecule is O=C1CCC(n2ncc(Oc3ccc(O[C@@H]4CCN(CCOc5ccc([C@@H]6c7ccc(O)cc7CC[C@@H]6c6ccc(F)cc6)cc5)C4)nc3)cc2=O)C(=O)N1. The smallest absolute Gasteiger partial charge is 0.271 e. The normalized spacial score (nSPS) is 21.1. The van der Waals surface area contributed by atoms with Gasteiger partial charge in [-0.1, -0.05) is 30.3 Å². The van der Waals surface area contributed by atoms with Crippen LogP contribution in [-0.4, -0.2) is 68.9 Å². The van der Waals surface area contributed by atoms with Gasteiger partial charge in [0, 0.05) is 44.1 Å². The number of nitrogens with zero attached hydrogens (tertiary/aromatic N) is 4. The number of carbonyl (C=O) groups is 2. The van der Waals surface area contributed by atoms with Crippen LogP contribution in [0.15, 0.2) is 102 Å². The number of aromatic hydroxyl groups is 1. The van der Waals surface area contributed by atoms with Crippen LogP contribution >= 0.6 is 0 Å². The van der Waals surface area contributed by atoms with Gasteiger partial charge >= 0.3 is 0 Å². The van der Waals surface area contributed by atoms with E-state index in [0.29, 0.717) is 18.2 Å². The number of fused-ring (bicyclic) bond motifs is 1. The van der Waals surface area contributed by atoms with Gasteiger partial charge in [-0.2, -0.15) is 5.10 Å². The molecule has 2 fully saturated rings. The predicted octanol–water partition coefficient (Wildman–Crippen LogP) is 5.65. The van der Waals surface area contributed by atoms with Crippen molar-refractivity contribution in [2.24, 2.45) is 0 Å². The number of benzene rings is 3. The Kier molecular flexibility index (Phi) is 10.3. The Morgan fingerprint density at radius 2 is 1.64 bits per heavy atom. The van der Waals surface area contributed by atoms with Crippen molar-refractivity contribution in [3.8, 4) is 28.9 Å². The maximum absolute atomic E-state index is 13.8. The summed E-state index contributed by atoms with van der Waals surface area (Å²) in [6.45, 7) is 2.86. The molecule has 5 aromatic rings. The van der Waals surface area contributed by atoms with Crippen LogP contribution in [0.2, 0.25) is 0 Å². The first-order valence-corrected chi connectivity index (χ1v) is 18.5. The van der Waals surface area contributed by atoms with E-state index in [0.717, 1.165) is 66.0 Å². The number of pyridine rings is 1. The van der Waals surface area contributed by atoms with Gasteiger partial charge in [0.05, 0.1) is 12.4 Å². The lowest BCUT2D eigenvalue weighted by Gasteiger charge is -2.35. The number of aromatic nitrogens is 3. The first-order chi connectivity index (χ1) is 26.8. The van der Waals surface area contributed by atoms with Crippen molar-refractivity contribution in [2.45, 2.75) is 56.1 Å². The molecule has 3 aromatic carbocycles. The quantitative estimate of drug-likeness (QED) is 0.163. The van der Waals surface area contributed by atoms with E-state index < -0.39 is 17.5 Å². The Morgan fingerprint density at radius 3 is 2.40 bits per heavy atom. The highest BCUT2D eigenvalue weighted by Crippen LogP contribution is 2.47. The summed E-state index contributed by atoms with van der Waals surface area (Å²) in [6.07, 6.45) is 5.76. The Balaban J connectivity index is 0.816. The number of hydrogen-bond donors (Lipinski definition) is 2. The zero-order valence-corrected chi connectivity index (χ0v) is 30.0. The van der Waals surface area contributed by atoms with Crippen LogP contribution in [0, 0.1) is 5.82 Å². The number of likely N-dealkylation sites (tertiary alicyclic amines) is 1. The summed E-state index contributed by atoms with van der Waals surface area (Å²) in [6, 6.07) is 24.5. The number of imide groups is 1. The van der Waals surface area contributed by atoms with Gasteiger partial charge in [0.2, 0.25) is 11.8 Å². The van der Waals surface area contributed by atoms with Gasteiger partial charge < -0.3 is 19.3 Å². The third-order valence-electron chi connectivity index (χ3n) is 10.6. The van der Waals surface area contributed by atoms with E-state index in [9.17, 15) is 23.9 Å². The number of rotatable bonds is 11. The first-order valence-electron chi connectivity index (χ1n) is 18.5. The molecule has 2 aromatic heterocycles. The molecule has 2 aliphatic heterocycles. The molecule has 0 saturated carbocycles. The second-order valence-electron chi connectivity index (χ2n) is 14.2. The molecule has 8 rings (SSSR count). The van der Waals surface area contributed by atoms with E-state index in [1.165, 1.54) is 36.2 Å². The lowest BCUT2D eigenvalue weighted by atomic mass is 9.69. The molecule has 2 N–H and O–H groups in total. The highest BCUT2D eigenvalue weighted by atomic mass is 19.1. The van der Waals surface area contributed by atoms with Crippen LogP contribution in [0.3, 0.4) is 0 Å². The van der Waals surface area contributed by atoms with Gasteiger partial charge in [0.15, 0.2) is 5.75 Å². The first kappa shape index (κ1) is 35.9. The largest absolute Gasteiger partial charge is 0.508 e. The number of carbonyl (C=O) groups excluding carboxylic acids is 2. The maximum atomic E-state index is 13.8. The van der Waals surface area contributed by atoms with Crippen LogP contribution < -0.4 is 25.1 Å². The third-order valence-corrected chi connectivity index (χ3v) is 10.6. The number of hydrogen-bond acceptors (Lipinski definition) is 10. The molecular formula is C42H40FN5O7. The molecular weight excluding hydrogens is 705 g/mol. The maximum Gasteiger partial charge on any atom is 0.271 e. The van der Waals surface area contributed by atoms with Crippen molar-refractivity contribution < 1.29 is 33.3 Å². The predicted molar refractivity (Wildman–Crippen MR) is 199 cm³/mol. The average Bonchev–Trinajstić information content (AvgIpc) is 3.63. The molecule has 13 heteroatoms. The molecule has 0 radical (unpaired) electrons. The summed E-state index contributed by atoms with van der Waals surface area (Å²) < 4.78 is 32.9. The number of nitrogens with one attached hydrogen (secondary N) is 1. The molecule has 4 atom stereocenters. The monoisotopic (exact) mass is 745 g/mol. The molecule has 0 bridgehead atoms. The van der Waals surface area contributed by atoms with E-state index in [-0.39, 0.29) is 54.0 Å². The van der Waals surface area contributed by atoms with Crippen molar-refractivity contribution >= 4 is 11.8 Å². The van der Waals surface area contributed by atoms with E-state index >= 15 is 0 Å². The molecule has 2 saturated heterocycles. The van der Waals surface area contributed by atoms with Gasteiger partial charge in [0.25, 0.3) is 11.5 Å². The van der Waals surface area contributed by atoms with Crippen molar-refractivity contribution in [1.29, 1.82) is 0 Å². The highest BCUT2D eigenvalue weighted by molar-refractivity contribution is 5.99. The minimum Gasteiger partial charge on any atom is -0.508 e. The number of halogens is 1. The standard InChI is InChI=1S/C42H40FN5O7/c43-29-6-1-26(2-7-29)35-12-5-28-21-30(49)8-13-36(28)41(35)27-3-9-31(10-4-27)53-20-19-47-18-17-33(25-47)55-39-16-11-32(23-44-39)54-34-22-40(51)48(45-24-34)37-14-15-38(50)46-42(37)52/h1-4,6-11,13,16,21-24,33,35,37,41,49H,5,12,14-15,17-20,25H2,(H,46,50,52)/t33-,35-,37?,41+/m1/s1. The number of phenolic OH excluding ortho intramolecular Hbond substituents is 1. The van der Waals surface area contributed by atoms with Crippen LogP contribution in [0.4, 0.5) is 4.39 Å². The lowest BCUT2D eigenvalue weighted by molar-refractivity contribution is -0.136. The highest BCUT2D eigenvalue weighted by Gasteiger charge is 2.33. The Morgan fingerprint density at radius 1 is 0.836 bits per heavy atom. The summed E-state index contributed by atoms with van der Waals surface area (Å²) in [5, 5.41) is 16.4. The van der Waals surface area contributed by atoms with Crippen molar-refractivity contribution in [1.82, 2.24) is 25.0 Å². The number of piperidine rings is 1. The Labute approximate surface area is 316 Å². The number of ether oxygens (including phenoxy) is 3. The summed E-state index contributed by atoms with van der Waals surface area (Å²) >= 11 is 0. The lowest BCUT2D eigenvalue weighted by Crippen LogP contribution is -2.45. The zero-order chi connectivity index (χ0) is 37.9. The van der Waals surface area contributed by atoms with Crippen LogP contribution in [-0.2, 0) is 16.0 Å². The third kappa shape index (κ3) is 8.21. The van der Waals surface area contributed by atoms with Gasteiger partial charge in [-0.25, -0.2) is 14.1 Å². The summed E-state index contributed by atoms with van der Waals surface area (Å²) in [4.78, 5) is 42.9. The van der Waals surface area contributed by atoms with Gasteiger partial charge in [-0.05, 0) is 96.3 Å². The fourth-order valence-electron chi connectivity index (χ4n) is 7.86. The van der Waals surface area contributed by atoms with Crippen molar-refractivity contribution in [3.05, 3.63) is 136 Å². The van der Waals surface area contributed by atoms with Crippen LogP contribution in [0.25, 0.3) is 0 Å². The molecule has 3 aliphatic rings. The molecule has 282 valence electrons. The molecule has 12 nitrogen and oxygen atoms in total. The fourth-order valence-corrected chi connectivity index (χ4v) is 7.86. The molecule has 55 heavy (non-hydrogen) atoms. The second-order valence-corrected chi connectivity index (χ2v) is 14.2. The van der Waals surface area contributed by atoms with Crippen molar-refractivity contribution in [3.63, 3.8) is 0 Å². The van der Waals surface area contributed by atoms with E-state index in [2.05, 4.69) is 32.4 Å². The summed E-state index contributed by atoms with van der Waals surface area (Å²) in [5.74, 6) is 1.18. The van der Waals surface area contributed by atoms with Crippen LogP contribution in [0.5, 0.6) is 28.9 Å². The zero-order valence-electron chi connectivity index (χ0n) is 30.0. The second kappa shape index (κ2) is 15.7. The fraction of sp³-hybridized carbons (Fsp3) is 0.310. The summed E-state index contributed by atoms with van der Waals surface area (Å²) in [5.41, 5.74) is 4.06. The summed E-state index contributed by atoms with van der Waals surface area (Å²) in [7, 11) is 0. The Bertz CT molecular complexity index is 2230. The number of amides is 2. The van der Waals surface area contributed by atoms with Gasteiger partial charge in [-0.15, -0.1) is 0 Å². The number of phenols is 1. The van der Waals surface area contributed by atoms with E-state index in [4.69, 9.17) is 14.2 Å². The number of aryl methyl sites for hydroxylation is 1. The van der Waals surface area contributed by atoms with Gasteiger partial charge in [0.1, 0.15) is 41.8 Å². The Hall–Kier alpha value is -6.08. The van der Waals surface area contributed by atoms with Crippen LogP contribution in [0.1, 0.15) is 65.8 Å². The molecule has 1 unspecified atom stereocenters. The molecule has 2 amide bonds. The molecule has 4 heterocycles. The van der Waals surface area contributed by atoms with Gasteiger partial charge in [-0.3, -0.25) is 24.6 Å².